The Bertz CT molecular complexity index is 1180. The summed E-state index contributed by atoms with van der Waals surface area (Å²) in [5.74, 6) is -0.778. The summed E-state index contributed by atoms with van der Waals surface area (Å²) in [7, 11) is -3.65. The van der Waals surface area contributed by atoms with Crippen molar-refractivity contribution in [3.05, 3.63) is 64.1 Å². The summed E-state index contributed by atoms with van der Waals surface area (Å²) in [5, 5.41) is 2.36. The number of nitrogens with one attached hydrogen (secondary N) is 2. The van der Waals surface area contributed by atoms with E-state index < -0.39 is 33.4 Å². The van der Waals surface area contributed by atoms with E-state index in [1.807, 2.05) is 0 Å². The number of aromatic amines is 1. The molecule has 1 atom stereocenters. The molecular formula is C17H14ClF4N5O2S. The van der Waals surface area contributed by atoms with Gasteiger partial charge in [0.15, 0.2) is 14.9 Å². The Morgan fingerprint density at radius 3 is 2.33 bits per heavy atom. The van der Waals surface area contributed by atoms with E-state index in [0.29, 0.717) is 18.0 Å². The minimum atomic E-state index is -4.61. The van der Waals surface area contributed by atoms with Gasteiger partial charge in [0.25, 0.3) is 0 Å². The van der Waals surface area contributed by atoms with E-state index in [2.05, 4.69) is 25.3 Å². The third-order valence-electron chi connectivity index (χ3n) is 4.01. The van der Waals surface area contributed by atoms with Crippen molar-refractivity contribution in [2.24, 2.45) is 0 Å². The van der Waals surface area contributed by atoms with Crippen molar-refractivity contribution in [1.29, 1.82) is 0 Å². The van der Waals surface area contributed by atoms with Crippen LogP contribution < -0.4 is 5.32 Å². The average molecular weight is 464 g/mol. The van der Waals surface area contributed by atoms with Crippen LogP contribution in [0, 0.1) is 12.7 Å². The molecule has 3 aromatic rings. The number of hydrogen-bond donors (Lipinski definition) is 2. The number of rotatable bonds is 5. The second-order valence-electron chi connectivity index (χ2n) is 6.37. The smallest absolute Gasteiger partial charge is 0.343 e. The average Bonchev–Trinajstić information content (AvgIpc) is 3.03. The van der Waals surface area contributed by atoms with Gasteiger partial charge >= 0.3 is 6.18 Å². The fraction of sp³-hybridized carbons (Fsp3) is 0.235. The highest BCUT2D eigenvalue weighted by molar-refractivity contribution is 7.90. The van der Waals surface area contributed by atoms with Crippen molar-refractivity contribution >= 4 is 27.4 Å². The van der Waals surface area contributed by atoms with Crippen LogP contribution in [-0.2, 0) is 16.0 Å². The number of aryl methyl sites for hydroxylation is 1. The van der Waals surface area contributed by atoms with E-state index >= 15 is 0 Å². The van der Waals surface area contributed by atoms with Crippen molar-refractivity contribution in [1.82, 2.24) is 19.9 Å². The Hall–Kier alpha value is -2.73. The highest BCUT2D eigenvalue weighted by atomic mass is 35.5. The van der Waals surface area contributed by atoms with Crippen LogP contribution in [0.3, 0.4) is 0 Å². The Kier molecular flexibility index (Phi) is 5.74. The van der Waals surface area contributed by atoms with Crippen molar-refractivity contribution in [2.75, 3.05) is 11.6 Å². The molecule has 13 heteroatoms. The van der Waals surface area contributed by atoms with Crippen LogP contribution in [0.5, 0.6) is 0 Å². The molecule has 0 amide bonds. The number of aromatic nitrogens is 4. The molecule has 0 aliphatic carbocycles. The minimum absolute atomic E-state index is 0.0964. The molecule has 0 spiro atoms. The molecule has 0 aliphatic rings. The largest absolute Gasteiger partial charge is 0.419 e. The van der Waals surface area contributed by atoms with Crippen LogP contribution in [0.4, 0.5) is 23.5 Å². The van der Waals surface area contributed by atoms with Crippen molar-refractivity contribution < 1.29 is 26.0 Å². The Morgan fingerprint density at radius 1 is 1.20 bits per heavy atom. The van der Waals surface area contributed by atoms with Gasteiger partial charge in [0.2, 0.25) is 5.95 Å². The van der Waals surface area contributed by atoms with E-state index in [1.165, 1.54) is 19.1 Å². The molecule has 30 heavy (non-hydrogen) atoms. The first-order valence-electron chi connectivity index (χ1n) is 8.23. The Morgan fingerprint density at radius 2 is 1.83 bits per heavy atom. The summed E-state index contributed by atoms with van der Waals surface area (Å²) in [6.07, 6.45) is -2.43. The number of nitrogens with zero attached hydrogens (tertiary/aromatic N) is 3. The standard InChI is InChI=1S/C17H14ClF4N5O2S/c1-8-15(30(2,28)29)27-14(25-8)13(9-3-4-12(19)11(18)5-9)26-16-23-6-10(7-24-16)17(20,21)22/h3-7,13H,1-2H3,(H,25,27)(H,23,24,26). The highest BCUT2D eigenvalue weighted by Gasteiger charge is 2.31. The number of halogens is 5. The van der Waals surface area contributed by atoms with Gasteiger partial charge in [-0.2, -0.15) is 13.2 Å². The van der Waals surface area contributed by atoms with Gasteiger partial charge in [-0.15, -0.1) is 0 Å². The van der Waals surface area contributed by atoms with Gasteiger partial charge < -0.3 is 10.3 Å². The zero-order valence-electron chi connectivity index (χ0n) is 15.4. The fourth-order valence-corrected chi connectivity index (χ4v) is 3.70. The lowest BCUT2D eigenvalue weighted by molar-refractivity contribution is -0.138. The molecule has 0 saturated carbocycles. The summed E-state index contributed by atoms with van der Waals surface area (Å²) < 4.78 is 75.6. The summed E-state index contributed by atoms with van der Waals surface area (Å²) in [4.78, 5) is 14.2. The maximum absolute atomic E-state index is 13.6. The number of H-pyrrole nitrogens is 1. The lowest BCUT2D eigenvalue weighted by Gasteiger charge is -2.18. The summed E-state index contributed by atoms with van der Waals surface area (Å²) in [5.41, 5.74) is -0.442. The van der Waals surface area contributed by atoms with E-state index in [4.69, 9.17) is 11.6 Å². The van der Waals surface area contributed by atoms with Gasteiger partial charge in [-0.3, -0.25) is 0 Å². The van der Waals surface area contributed by atoms with Crippen LogP contribution in [0.25, 0.3) is 0 Å². The molecule has 0 aliphatic heterocycles. The first-order valence-corrected chi connectivity index (χ1v) is 10.5. The molecule has 2 N–H and O–H groups in total. The van der Waals surface area contributed by atoms with Crippen molar-refractivity contribution in [2.45, 2.75) is 24.2 Å². The Labute approximate surface area is 173 Å². The monoisotopic (exact) mass is 463 g/mol. The number of imidazole rings is 1. The SMILES string of the molecule is Cc1[nH]c(C(Nc2ncc(C(F)(F)F)cn2)c2ccc(F)c(Cl)c2)nc1S(C)(=O)=O. The van der Waals surface area contributed by atoms with E-state index in [0.717, 1.165) is 12.3 Å². The van der Waals surface area contributed by atoms with E-state index in [-0.39, 0.29) is 27.5 Å². The van der Waals surface area contributed by atoms with Gasteiger partial charge in [-0.1, -0.05) is 17.7 Å². The molecule has 2 heterocycles. The van der Waals surface area contributed by atoms with Crippen LogP contribution >= 0.6 is 11.6 Å². The second-order valence-corrected chi connectivity index (χ2v) is 8.71. The quantitative estimate of drug-likeness (QED) is 0.556. The van der Waals surface area contributed by atoms with Crippen LogP contribution in [0.2, 0.25) is 5.02 Å². The van der Waals surface area contributed by atoms with E-state index in [1.54, 1.807) is 0 Å². The molecule has 0 radical (unpaired) electrons. The number of hydrogen-bond acceptors (Lipinski definition) is 6. The maximum atomic E-state index is 13.6. The first-order chi connectivity index (χ1) is 13.9. The van der Waals surface area contributed by atoms with Crippen LogP contribution in [0.1, 0.15) is 28.7 Å². The summed E-state index contributed by atoms with van der Waals surface area (Å²) in [6, 6.07) is 2.76. The molecular weight excluding hydrogens is 450 g/mol. The highest BCUT2D eigenvalue weighted by Crippen LogP contribution is 2.30. The zero-order chi connectivity index (χ0) is 22.3. The molecule has 1 aromatic carbocycles. The van der Waals surface area contributed by atoms with Gasteiger partial charge in [-0.25, -0.2) is 27.8 Å². The van der Waals surface area contributed by atoms with Gasteiger partial charge in [0, 0.05) is 18.6 Å². The molecule has 3 rings (SSSR count). The number of benzene rings is 1. The maximum Gasteiger partial charge on any atom is 0.419 e. The van der Waals surface area contributed by atoms with Crippen molar-refractivity contribution in [3.63, 3.8) is 0 Å². The molecule has 160 valence electrons. The van der Waals surface area contributed by atoms with Crippen molar-refractivity contribution in [3.8, 4) is 0 Å². The second kappa shape index (κ2) is 7.84. The minimum Gasteiger partial charge on any atom is -0.343 e. The Balaban J connectivity index is 2.05. The first kappa shape index (κ1) is 22.0. The lowest BCUT2D eigenvalue weighted by Crippen LogP contribution is -2.17. The number of sulfone groups is 1. The third-order valence-corrected chi connectivity index (χ3v) is 5.40. The number of alkyl halides is 3. The molecule has 0 bridgehead atoms. The summed E-state index contributed by atoms with van der Waals surface area (Å²) >= 11 is 5.84. The third kappa shape index (κ3) is 4.70. The predicted octanol–water partition coefficient (Wildman–Crippen LogP) is 3.92. The van der Waals surface area contributed by atoms with Gasteiger partial charge in [0.1, 0.15) is 17.7 Å². The fourth-order valence-electron chi connectivity index (χ4n) is 2.64. The van der Waals surface area contributed by atoms with Gasteiger partial charge in [-0.05, 0) is 24.6 Å². The molecule has 0 saturated heterocycles. The molecule has 7 nitrogen and oxygen atoms in total. The normalized spacial score (nSPS) is 13.3. The molecule has 1 unspecified atom stereocenters. The van der Waals surface area contributed by atoms with E-state index in [9.17, 15) is 26.0 Å². The molecule has 0 fully saturated rings. The molecule has 2 aromatic heterocycles. The van der Waals surface area contributed by atoms with Gasteiger partial charge in [0.05, 0.1) is 16.3 Å². The topological polar surface area (TPSA) is 101 Å². The summed E-state index contributed by atoms with van der Waals surface area (Å²) in [6.45, 7) is 1.50. The van der Waals surface area contributed by atoms with Crippen LogP contribution in [0.15, 0.2) is 35.6 Å². The lowest BCUT2D eigenvalue weighted by atomic mass is 10.1. The predicted molar refractivity (Wildman–Crippen MR) is 100 cm³/mol. The van der Waals surface area contributed by atoms with Crippen LogP contribution in [-0.4, -0.2) is 34.6 Å². The number of anilines is 1. The zero-order valence-corrected chi connectivity index (χ0v) is 17.0.